The number of carbonyl (C=O) groups is 1. The van der Waals surface area contributed by atoms with Gasteiger partial charge in [-0.25, -0.2) is 14.7 Å². The molecule has 35 heavy (non-hydrogen) atoms. The third kappa shape index (κ3) is 6.89. The fourth-order valence-electron chi connectivity index (χ4n) is 2.99. The first-order chi connectivity index (χ1) is 16.5. The zero-order valence-corrected chi connectivity index (χ0v) is 21.9. The van der Waals surface area contributed by atoms with E-state index in [2.05, 4.69) is 20.6 Å². The van der Waals surface area contributed by atoms with Crippen molar-refractivity contribution in [1.29, 1.82) is 0 Å². The van der Waals surface area contributed by atoms with Crippen LogP contribution in [0.2, 0.25) is 15.1 Å². The summed E-state index contributed by atoms with van der Waals surface area (Å²) in [5.41, 5.74) is 0.0964. The number of nitrogens with one attached hydrogen (secondary N) is 2. The van der Waals surface area contributed by atoms with Crippen LogP contribution in [0.25, 0.3) is 0 Å². The molecule has 0 aliphatic heterocycles. The minimum atomic E-state index is -1.01. The maximum absolute atomic E-state index is 13.4. The number of hydrogen-bond donors (Lipinski definition) is 3. The van der Waals surface area contributed by atoms with Gasteiger partial charge in [0.1, 0.15) is 11.6 Å². The highest BCUT2D eigenvalue weighted by molar-refractivity contribution is 6.43. The van der Waals surface area contributed by atoms with E-state index >= 15 is 0 Å². The standard InChI is InChI=1S/C24H26Cl3N5O3/c1-14(24(2,3)34)30-22-28-10-9-20(31-22)32(17-5-7-18(35-4)8-6-17)23(33)29-13-15-11-16(25)12-19(26)21(15)27/h5-12,14,34H,13H2,1-4H3,(H,29,33)(H,28,30,31)/t14-/m0/s1. The summed E-state index contributed by atoms with van der Waals surface area (Å²) in [4.78, 5) is 23.5. The van der Waals surface area contributed by atoms with Crippen molar-refractivity contribution in [1.82, 2.24) is 15.3 Å². The average molecular weight is 539 g/mol. The summed E-state index contributed by atoms with van der Waals surface area (Å²) in [5, 5.41) is 17.2. The number of ether oxygens (including phenoxy) is 1. The SMILES string of the molecule is COc1ccc(N(C(=O)NCc2cc(Cl)cc(Cl)c2Cl)c2ccnc(N[C@@H](C)C(C)(C)O)n2)cc1. The fourth-order valence-corrected chi connectivity index (χ4v) is 3.70. The first-order valence-corrected chi connectivity index (χ1v) is 11.8. The van der Waals surface area contributed by atoms with Gasteiger partial charge in [0.15, 0.2) is 0 Å². The van der Waals surface area contributed by atoms with E-state index in [1.807, 2.05) is 6.92 Å². The number of urea groups is 1. The molecular formula is C24H26Cl3N5O3. The first-order valence-electron chi connectivity index (χ1n) is 10.7. The molecule has 8 nitrogen and oxygen atoms in total. The maximum Gasteiger partial charge on any atom is 0.327 e. The van der Waals surface area contributed by atoms with Crippen molar-refractivity contribution in [3.8, 4) is 5.75 Å². The molecule has 3 N–H and O–H groups in total. The van der Waals surface area contributed by atoms with Gasteiger partial charge in [-0.2, -0.15) is 4.98 Å². The van der Waals surface area contributed by atoms with Crippen molar-refractivity contribution in [3.05, 3.63) is 69.3 Å². The van der Waals surface area contributed by atoms with E-state index in [1.54, 1.807) is 57.4 Å². The van der Waals surface area contributed by atoms with Crippen LogP contribution < -0.4 is 20.3 Å². The molecule has 2 aromatic carbocycles. The van der Waals surface area contributed by atoms with Crippen molar-refractivity contribution in [2.24, 2.45) is 0 Å². The minimum Gasteiger partial charge on any atom is -0.497 e. The Balaban J connectivity index is 1.93. The van der Waals surface area contributed by atoms with Crippen LogP contribution in [0.15, 0.2) is 48.7 Å². The molecular weight excluding hydrogens is 513 g/mol. The molecule has 0 saturated heterocycles. The van der Waals surface area contributed by atoms with Crippen LogP contribution in [0.1, 0.15) is 26.3 Å². The van der Waals surface area contributed by atoms with Crippen molar-refractivity contribution in [2.45, 2.75) is 39.0 Å². The molecule has 1 heterocycles. The second-order valence-electron chi connectivity index (χ2n) is 8.31. The second kappa shape index (κ2) is 11.3. The number of rotatable bonds is 8. The van der Waals surface area contributed by atoms with Crippen LogP contribution in [0.3, 0.4) is 0 Å². The van der Waals surface area contributed by atoms with Gasteiger partial charge < -0.3 is 20.5 Å². The molecule has 1 atom stereocenters. The van der Waals surface area contributed by atoms with E-state index in [4.69, 9.17) is 39.5 Å². The molecule has 0 spiro atoms. The predicted molar refractivity (Wildman–Crippen MR) is 140 cm³/mol. The second-order valence-corrected chi connectivity index (χ2v) is 9.53. The minimum absolute atomic E-state index is 0.0799. The molecule has 0 aliphatic carbocycles. The molecule has 3 aromatic rings. The predicted octanol–water partition coefficient (Wildman–Crippen LogP) is 6.06. The zero-order valence-electron chi connectivity index (χ0n) is 19.6. The van der Waals surface area contributed by atoms with Crippen LogP contribution in [-0.2, 0) is 6.54 Å². The van der Waals surface area contributed by atoms with E-state index in [-0.39, 0.29) is 18.5 Å². The van der Waals surface area contributed by atoms with Gasteiger partial charge in [0.25, 0.3) is 0 Å². The van der Waals surface area contributed by atoms with Crippen LogP contribution in [-0.4, -0.2) is 39.9 Å². The number of amides is 2. The van der Waals surface area contributed by atoms with E-state index in [9.17, 15) is 9.90 Å². The summed E-state index contributed by atoms with van der Waals surface area (Å²) >= 11 is 18.5. The van der Waals surface area contributed by atoms with E-state index in [0.717, 1.165) is 0 Å². The number of aromatic nitrogens is 2. The third-order valence-corrected chi connectivity index (χ3v) is 6.37. The molecule has 0 bridgehead atoms. The lowest BCUT2D eigenvalue weighted by Gasteiger charge is -2.27. The van der Waals surface area contributed by atoms with Crippen molar-refractivity contribution in [3.63, 3.8) is 0 Å². The molecule has 1 aromatic heterocycles. The van der Waals surface area contributed by atoms with E-state index in [1.165, 1.54) is 17.2 Å². The molecule has 186 valence electrons. The summed E-state index contributed by atoms with van der Waals surface area (Å²) in [6.45, 7) is 5.25. The van der Waals surface area contributed by atoms with Gasteiger partial charge in [-0.3, -0.25) is 0 Å². The summed E-state index contributed by atoms with van der Waals surface area (Å²) in [7, 11) is 1.56. The molecule has 0 aliphatic rings. The van der Waals surface area contributed by atoms with Gasteiger partial charge in [0.2, 0.25) is 5.95 Å². The van der Waals surface area contributed by atoms with Crippen molar-refractivity contribution in [2.75, 3.05) is 17.3 Å². The third-order valence-electron chi connectivity index (χ3n) is 5.31. The Bertz CT molecular complexity index is 1190. The molecule has 0 unspecified atom stereocenters. The average Bonchev–Trinajstić information content (AvgIpc) is 2.80. The van der Waals surface area contributed by atoms with E-state index in [0.29, 0.717) is 37.9 Å². The quantitative estimate of drug-likeness (QED) is 0.301. The normalized spacial score (nSPS) is 12.1. The fraction of sp³-hybridized carbons (Fsp3) is 0.292. The topological polar surface area (TPSA) is 99.6 Å². The number of aliphatic hydroxyl groups is 1. The van der Waals surface area contributed by atoms with Gasteiger partial charge in [-0.1, -0.05) is 34.8 Å². The highest BCUT2D eigenvalue weighted by Gasteiger charge is 2.24. The Kier molecular flexibility index (Phi) is 8.66. The lowest BCUT2D eigenvalue weighted by Crippen LogP contribution is -2.40. The van der Waals surface area contributed by atoms with Crippen molar-refractivity contribution < 1.29 is 14.6 Å². The molecule has 11 heteroatoms. The Labute approximate surface area is 219 Å². The highest BCUT2D eigenvalue weighted by atomic mass is 35.5. The smallest absolute Gasteiger partial charge is 0.327 e. The summed E-state index contributed by atoms with van der Waals surface area (Å²) in [5.74, 6) is 1.20. The number of halogens is 3. The number of anilines is 3. The Morgan fingerprint density at radius 1 is 1.17 bits per heavy atom. The van der Waals surface area contributed by atoms with Gasteiger partial charge in [-0.15, -0.1) is 0 Å². The summed E-state index contributed by atoms with van der Waals surface area (Å²) in [6, 6.07) is 10.9. The summed E-state index contributed by atoms with van der Waals surface area (Å²) < 4.78 is 5.23. The van der Waals surface area contributed by atoms with E-state index < -0.39 is 11.6 Å². The van der Waals surface area contributed by atoms with Gasteiger partial charge in [0.05, 0.1) is 34.5 Å². The highest BCUT2D eigenvalue weighted by Crippen LogP contribution is 2.31. The van der Waals surface area contributed by atoms with Gasteiger partial charge >= 0.3 is 6.03 Å². The lowest BCUT2D eigenvalue weighted by molar-refractivity contribution is 0.0646. The summed E-state index contributed by atoms with van der Waals surface area (Å²) in [6.07, 6.45) is 1.53. The van der Waals surface area contributed by atoms with Gasteiger partial charge in [-0.05, 0) is 62.7 Å². The lowest BCUT2D eigenvalue weighted by atomic mass is 10.0. The number of methoxy groups -OCH3 is 1. The number of hydrogen-bond acceptors (Lipinski definition) is 6. The van der Waals surface area contributed by atoms with Crippen LogP contribution in [0.4, 0.5) is 22.2 Å². The molecule has 0 fully saturated rings. The number of carbonyl (C=O) groups excluding carboxylic acids is 1. The van der Waals surface area contributed by atoms with Crippen molar-refractivity contribution >= 4 is 58.3 Å². The largest absolute Gasteiger partial charge is 0.497 e. The monoisotopic (exact) mass is 537 g/mol. The maximum atomic E-state index is 13.4. The van der Waals surface area contributed by atoms with Gasteiger partial charge in [0, 0.05) is 23.8 Å². The number of nitrogens with zero attached hydrogens (tertiary/aromatic N) is 3. The molecule has 0 saturated carbocycles. The Hall–Kier alpha value is -2.78. The first kappa shape index (κ1) is 26.8. The molecule has 2 amide bonds. The van der Waals surface area contributed by atoms with Crippen LogP contribution in [0.5, 0.6) is 5.75 Å². The van der Waals surface area contributed by atoms with Crippen LogP contribution >= 0.6 is 34.8 Å². The Morgan fingerprint density at radius 3 is 2.49 bits per heavy atom. The zero-order chi connectivity index (χ0) is 25.8. The van der Waals surface area contributed by atoms with Crippen LogP contribution in [0, 0.1) is 0 Å². The molecule has 3 rings (SSSR count). The Morgan fingerprint density at radius 2 is 1.86 bits per heavy atom. The number of benzene rings is 2. The molecule has 0 radical (unpaired) electrons.